The monoisotopic (exact) mass is 181 g/mol. The molecule has 0 unspecified atom stereocenters. The van der Waals surface area contributed by atoms with Gasteiger partial charge in [-0.05, 0) is 12.1 Å². The molecule has 5 nitrogen and oxygen atoms in total. The topological polar surface area (TPSA) is 69.4 Å². The van der Waals surface area contributed by atoms with Crippen molar-refractivity contribution in [2.24, 2.45) is 0 Å². The van der Waals surface area contributed by atoms with Crippen LogP contribution in [0.1, 0.15) is 0 Å². The highest BCUT2D eigenvalue weighted by molar-refractivity contribution is 5.33. The fourth-order valence-electron chi connectivity index (χ4n) is 0.832. The van der Waals surface area contributed by atoms with E-state index in [0.717, 1.165) is 12.1 Å². The molecule has 1 aromatic rings. The zero-order valence-corrected chi connectivity index (χ0v) is 6.89. The molecule has 0 heterocycles. The predicted octanol–water partition coefficient (Wildman–Crippen LogP) is 0.964. The third kappa shape index (κ3) is 2.02. The van der Waals surface area contributed by atoms with Crippen LogP contribution in [-0.4, -0.2) is 12.0 Å². The van der Waals surface area contributed by atoms with Crippen molar-refractivity contribution in [3.8, 4) is 5.75 Å². The lowest BCUT2D eigenvalue weighted by atomic mass is 10.4. The van der Waals surface area contributed by atoms with Crippen LogP contribution in [0.4, 0.5) is 5.69 Å². The maximum absolute atomic E-state index is 11.1. The Morgan fingerprint density at radius 1 is 1.31 bits per heavy atom. The summed E-state index contributed by atoms with van der Waals surface area (Å²) >= 11 is 0. The molecule has 0 aliphatic heterocycles. The van der Waals surface area contributed by atoms with Gasteiger partial charge in [-0.2, -0.15) is 0 Å². The Hall–Kier alpha value is -1.91. The lowest BCUT2D eigenvalue weighted by Gasteiger charge is -1.89. The van der Waals surface area contributed by atoms with Crippen molar-refractivity contribution in [2.75, 3.05) is 7.11 Å². The number of methoxy groups -OCH3 is 1. The predicted molar refractivity (Wildman–Crippen MR) is 45.9 cm³/mol. The third-order valence-corrected chi connectivity index (χ3v) is 1.48. The number of hydrogen-bond acceptors (Lipinski definition) is 4. The smallest absolute Gasteiger partial charge is 0.269 e. The molecule has 0 saturated carbocycles. The van der Waals surface area contributed by atoms with E-state index >= 15 is 0 Å². The molecule has 0 aliphatic carbocycles. The van der Waals surface area contributed by atoms with Gasteiger partial charge in [0, 0.05) is 12.1 Å². The van der Waals surface area contributed by atoms with Gasteiger partial charge in [0.25, 0.3) is 5.69 Å². The molecule has 0 atom stereocenters. The van der Waals surface area contributed by atoms with Crippen LogP contribution >= 0.6 is 0 Å². The van der Waals surface area contributed by atoms with Gasteiger partial charge in [-0.1, -0.05) is 0 Å². The molecule has 13 heavy (non-hydrogen) atoms. The fraction of sp³-hybridized carbons (Fsp3) is 0.125. The van der Waals surface area contributed by atoms with Crippen LogP contribution in [0.5, 0.6) is 5.75 Å². The van der Waals surface area contributed by atoms with Gasteiger partial charge in [-0.25, -0.2) is 0 Å². The van der Waals surface area contributed by atoms with Gasteiger partial charge in [-0.3, -0.25) is 14.9 Å². The lowest BCUT2D eigenvalue weighted by Crippen LogP contribution is -1.98. The first-order valence-corrected chi connectivity index (χ1v) is 3.48. The van der Waals surface area contributed by atoms with Crippen molar-refractivity contribution < 1.29 is 9.66 Å². The Morgan fingerprint density at radius 3 is 2.46 bits per heavy atom. The van der Waals surface area contributed by atoms with Gasteiger partial charge >= 0.3 is 0 Å². The van der Waals surface area contributed by atoms with E-state index in [1.165, 1.54) is 19.2 Å². The van der Waals surface area contributed by atoms with Crippen molar-refractivity contribution >= 4 is 5.69 Å². The summed E-state index contributed by atoms with van der Waals surface area (Å²) in [4.78, 5) is 20.8. The molecule has 0 radical (unpaired) electrons. The molecule has 0 spiro atoms. The highest BCUT2D eigenvalue weighted by Crippen LogP contribution is 2.09. The van der Waals surface area contributed by atoms with Crippen LogP contribution in [0.2, 0.25) is 0 Å². The van der Waals surface area contributed by atoms with Gasteiger partial charge < -0.3 is 4.74 Å². The first-order valence-electron chi connectivity index (χ1n) is 3.48. The van der Waals surface area contributed by atoms with Crippen molar-refractivity contribution in [1.82, 2.24) is 0 Å². The van der Waals surface area contributed by atoms with E-state index in [-0.39, 0.29) is 16.9 Å². The van der Waals surface area contributed by atoms with Crippen LogP contribution in [0.15, 0.2) is 29.1 Å². The molecule has 0 amide bonds. The number of nitro groups is 1. The summed E-state index contributed by atoms with van der Waals surface area (Å²) in [5, 5.41) is 10.3. The second-order valence-corrected chi connectivity index (χ2v) is 2.28. The molecule has 1 rings (SSSR count). The minimum atomic E-state index is -0.571. The summed E-state index contributed by atoms with van der Waals surface area (Å²) in [6.07, 6.45) is 0. The van der Waals surface area contributed by atoms with E-state index in [4.69, 9.17) is 4.74 Å². The molecular formula is C8H7NO4. The molecule has 68 valence electrons. The first kappa shape index (κ1) is 9.18. The maximum Gasteiger partial charge on any atom is 0.269 e. The number of ether oxygens (including phenoxy) is 1. The van der Waals surface area contributed by atoms with Crippen LogP contribution in [0.25, 0.3) is 0 Å². The second-order valence-electron chi connectivity index (χ2n) is 2.28. The summed E-state index contributed by atoms with van der Waals surface area (Å²) in [6.45, 7) is 0. The van der Waals surface area contributed by atoms with Crippen molar-refractivity contribution in [3.63, 3.8) is 0 Å². The standard InChI is InChI=1S/C8H7NO4/c1-13-8-5-3-6(9(11)12)2-4-7(8)10/h2-5H,1H3. The summed E-state index contributed by atoms with van der Waals surface area (Å²) in [5.41, 5.74) is -0.518. The highest BCUT2D eigenvalue weighted by Gasteiger charge is 2.03. The van der Waals surface area contributed by atoms with Crippen molar-refractivity contribution in [3.05, 3.63) is 44.6 Å². The average Bonchev–Trinajstić information content (AvgIpc) is 2.27. The Labute approximate surface area is 73.7 Å². The minimum absolute atomic E-state index is 0.0908. The van der Waals surface area contributed by atoms with E-state index < -0.39 is 4.92 Å². The molecule has 0 saturated heterocycles. The Kier molecular flexibility index (Phi) is 2.59. The molecular weight excluding hydrogens is 174 g/mol. The summed E-state index contributed by atoms with van der Waals surface area (Å²) < 4.78 is 4.70. The van der Waals surface area contributed by atoms with Gasteiger partial charge in [-0.15, -0.1) is 0 Å². The minimum Gasteiger partial charge on any atom is -0.493 e. The summed E-state index contributed by atoms with van der Waals surface area (Å²) in [6, 6.07) is 4.75. The Morgan fingerprint density at radius 2 is 1.92 bits per heavy atom. The highest BCUT2D eigenvalue weighted by atomic mass is 16.6. The molecule has 0 fully saturated rings. The quantitative estimate of drug-likeness (QED) is 0.503. The van der Waals surface area contributed by atoms with Crippen molar-refractivity contribution in [1.29, 1.82) is 0 Å². The first-order chi connectivity index (χ1) is 6.15. The molecule has 5 heteroatoms. The van der Waals surface area contributed by atoms with Crippen LogP contribution in [-0.2, 0) is 0 Å². The molecule has 1 aromatic carbocycles. The Bertz CT molecular complexity index is 388. The van der Waals surface area contributed by atoms with Crippen LogP contribution < -0.4 is 10.2 Å². The Balaban J connectivity index is 3.32. The van der Waals surface area contributed by atoms with E-state index in [1.807, 2.05) is 0 Å². The average molecular weight is 181 g/mol. The number of nitrogens with zero attached hydrogens (tertiary/aromatic N) is 1. The van der Waals surface area contributed by atoms with Crippen molar-refractivity contribution in [2.45, 2.75) is 0 Å². The molecule has 0 N–H and O–H groups in total. The lowest BCUT2D eigenvalue weighted by molar-refractivity contribution is -0.384. The number of rotatable bonds is 2. The zero-order valence-electron chi connectivity index (χ0n) is 6.89. The third-order valence-electron chi connectivity index (χ3n) is 1.48. The molecule has 0 aromatic heterocycles. The van der Waals surface area contributed by atoms with Gasteiger partial charge in [0.15, 0.2) is 5.75 Å². The molecule has 0 aliphatic rings. The fourth-order valence-corrected chi connectivity index (χ4v) is 0.832. The van der Waals surface area contributed by atoms with Gasteiger partial charge in [0.1, 0.15) is 0 Å². The van der Waals surface area contributed by atoms with Crippen LogP contribution in [0, 0.1) is 10.1 Å². The van der Waals surface area contributed by atoms with E-state index in [1.54, 1.807) is 0 Å². The SMILES string of the molecule is COc1ccc([N+](=O)[O-])ccc1=O. The van der Waals surface area contributed by atoms with Gasteiger partial charge in [0.2, 0.25) is 5.43 Å². The number of hydrogen-bond donors (Lipinski definition) is 0. The summed E-state index contributed by atoms with van der Waals surface area (Å²) in [5.74, 6) is 0.0908. The van der Waals surface area contributed by atoms with Crippen LogP contribution in [0.3, 0.4) is 0 Å². The maximum atomic E-state index is 11.1. The largest absolute Gasteiger partial charge is 0.493 e. The summed E-state index contributed by atoms with van der Waals surface area (Å²) in [7, 11) is 1.34. The normalized spacial score (nSPS) is 9.31. The zero-order chi connectivity index (χ0) is 9.84. The van der Waals surface area contributed by atoms with E-state index in [2.05, 4.69) is 0 Å². The van der Waals surface area contributed by atoms with Gasteiger partial charge in [0.05, 0.1) is 12.0 Å². The molecule has 0 bridgehead atoms. The van der Waals surface area contributed by atoms with E-state index in [0.29, 0.717) is 0 Å². The second kappa shape index (κ2) is 3.66. The van der Waals surface area contributed by atoms with E-state index in [9.17, 15) is 14.9 Å².